The van der Waals surface area contributed by atoms with Gasteiger partial charge in [0.15, 0.2) is 0 Å². The van der Waals surface area contributed by atoms with Crippen molar-refractivity contribution in [1.29, 1.82) is 0 Å². The molecule has 1 rings (SSSR count). The zero-order valence-electron chi connectivity index (χ0n) is 25.0. The van der Waals surface area contributed by atoms with Crippen molar-refractivity contribution in [3.05, 3.63) is 100 Å². The zero-order chi connectivity index (χ0) is 27.3. The van der Waals surface area contributed by atoms with E-state index in [1.165, 1.54) is 89.7 Å². The second kappa shape index (κ2) is 21.0. The van der Waals surface area contributed by atoms with Crippen LogP contribution in [0.3, 0.4) is 0 Å². The largest absolute Gasteiger partial charge is 0.122 e. The third kappa shape index (κ3) is 19.7. The Balaban J connectivity index is 2.20. The minimum atomic E-state index is 1.06. The fourth-order valence-electron chi connectivity index (χ4n) is 4.08. The lowest BCUT2D eigenvalue weighted by Gasteiger charge is -2.04. The van der Waals surface area contributed by atoms with Gasteiger partial charge in [0, 0.05) is 10.6 Å². The summed E-state index contributed by atoms with van der Waals surface area (Å²) in [6, 6.07) is 10.7. The maximum Gasteiger partial charge on any atom is 0.0163 e. The molecule has 0 saturated carbocycles. The first kappa shape index (κ1) is 33.0. The molecule has 0 N–H and O–H groups in total. The summed E-state index contributed by atoms with van der Waals surface area (Å²) < 4.78 is 0. The van der Waals surface area contributed by atoms with Crippen molar-refractivity contribution in [3.63, 3.8) is 0 Å². The van der Waals surface area contributed by atoms with Gasteiger partial charge < -0.3 is 0 Å². The number of thioether (sulfide) groups is 1. The predicted octanol–water partition coefficient (Wildman–Crippen LogP) is 12.4. The van der Waals surface area contributed by atoms with Gasteiger partial charge in [-0.1, -0.05) is 88.1 Å². The topological polar surface area (TPSA) is 0 Å². The van der Waals surface area contributed by atoms with E-state index in [4.69, 9.17) is 0 Å². The first-order chi connectivity index (χ1) is 17.8. The van der Waals surface area contributed by atoms with Crippen LogP contribution in [0.4, 0.5) is 0 Å². The molecule has 0 fully saturated rings. The molecular formula is C36H54S. The smallest absolute Gasteiger partial charge is 0.0163 e. The van der Waals surface area contributed by atoms with E-state index in [2.05, 4.69) is 115 Å². The van der Waals surface area contributed by atoms with Crippen molar-refractivity contribution >= 4 is 11.8 Å². The van der Waals surface area contributed by atoms with Crippen LogP contribution in [0.5, 0.6) is 0 Å². The first-order valence-corrected chi connectivity index (χ1v) is 15.3. The summed E-state index contributed by atoms with van der Waals surface area (Å²) in [5, 5.41) is 0. The molecule has 0 aromatic heterocycles. The molecule has 0 saturated heterocycles. The zero-order valence-corrected chi connectivity index (χ0v) is 25.9. The van der Waals surface area contributed by atoms with Crippen molar-refractivity contribution in [3.8, 4) is 0 Å². The van der Waals surface area contributed by atoms with Crippen molar-refractivity contribution in [2.24, 2.45) is 0 Å². The maximum atomic E-state index is 2.45. The van der Waals surface area contributed by atoms with E-state index in [0.717, 1.165) is 18.6 Å². The van der Waals surface area contributed by atoms with Crippen LogP contribution in [0.15, 0.2) is 105 Å². The third-order valence-electron chi connectivity index (χ3n) is 6.64. The summed E-state index contributed by atoms with van der Waals surface area (Å²) in [6.45, 7) is 15.8. The van der Waals surface area contributed by atoms with Gasteiger partial charge in [0.1, 0.15) is 0 Å². The highest BCUT2D eigenvalue weighted by atomic mass is 32.2. The lowest BCUT2D eigenvalue weighted by molar-refractivity contribution is 0.886. The van der Waals surface area contributed by atoms with E-state index in [-0.39, 0.29) is 0 Å². The average molecular weight is 519 g/mol. The number of hydrogen-bond acceptors (Lipinski definition) is 1. The van der Waals surface area contributed by atoms with E-state index < -0.39 is 0 Å². The molecule has 1 heteroatoms. The SMILES string of the molecule is CC(C)=CCC/C(C)=C/CC/C(C)=C/CC/C(C)=C/CC/C(C)=C/CC/C(C)=C/CSc1ccccc1. The maximum absolute atomic E-state index is 2.45. The van der Waals surface area contributed by atoms with Crippen molar-refractivity contribution in [1.82, 2.24) is 0 Å². The van der Waals surface area contributed by atoms with Crippen LogP contribution in [0.2, 0.25) is 0 Å². The molecule has 0 atom stereocenters. The van der Waals surface area contributed by atoms with Crippen molar-refractivity contribution in [2.75, 3.05) is 5.75 Å². The summed E-state index contributed by atoms with van der Waals surface area (Å²) in [5.41, 5.74) is 9.03. The van der Waals surface area contributed by atoms with Gasteiger partial charge in [-0.2, -0.15) is 0 Å². The van der Waals surface area contributed by atoms with Crippen LogP contribution in [0, 0.1) is 0 Å². The molecule has 0 amide bonds. The van der Waals surface area contributed by atoms with Crippen molar-refractivity contribution < 1.29 is 0 Å². The number of rotatable bonds is 18. The van der Waals surface area contributed by atoms with E-state index in [9.17, 15) is 0 Å². The van der Waals surface area contributed by atoms with Gasteiger partial charge in [0.2, 0.25) is 0 Å². The molecule has 204 valence electrons. The summed E-state index contributed by atoms with van der Waals surface area (Å²) in [6.07, 6.45) is 26.2. The Morgan fingerprint density at radius 1 is 0.486 bits per heavy atom. The van der Waals surface area contributed by atoms with E-state index in [1.807, 2.05) is 11.8 Å². The van der Waals surface area contributed by atoms with E-state index in [1.54, 1.807) is 0 Å². The molecule has 0 heterocycles. The van der Waals surface area contributed by atoms with Crippen LogP contribution in [-0.4, -0.2) is 5.75 Å². The van der Waals surface area contributed by atoms with Crippen LogP contribution >= 0.6 is 11.8 Å². The van der Waals surface area contributed by atoms with Crippen LogP contribution < -0.4 is 0 Å². The molecule has 0 bridgehead atoms. The minimum Gasteiger partial charge on any atom is -0.122 e. The Bertz CT molecular complexity index is 930. The predicted molar refractivity (Wildman–Crippen MR) is 172 cm³/mol. The van der Waals surface area contributed by atoms with Crippen LogP contribution in [0.25, 0.3) is 0 Å². The highest BCUT2D eigenvalue weighted by Gasteiger charge is 1.96. The number of hydrogen-bond donors (Lipinski definition) is 0. The summed E-state index contributed by atoms with van der Waals surface area (Å²) >= 11 is 1.91. The highest BCUT2D eigenvalue weighted by molar-refractivity contribution is 7.99. The minimum absolute atomic E-state index is 1.06. The average Bonchev–Trinajstić information content (AvgIpc) is 2.84. The summed E-state index contributed by atoms with van der Waals surface area (Å²) in [7, 11) is 0. The molecule has 0 aliphatic rings. The molecule has 0 aliphatic carbocycles. The third-order valence-corrected chi connectivity index (χ3v) is 7.58. The van der Waals surface area contributed by atoms with Crippen LogP contribution in [-0.2, 0) is 0 Å². The van der Waals surface area contributed by atoms with Gasteiger partial charge >= 0.3 is 0 Å². The first-order valence-electron chi connectivity index (χ1n) is 14.4. The standard InChI is InChI=1S/C36H54S/c1-30(2)16-11-17-31(3)18-12-19-32(4)20-13-21-33(5)22-14-23-34(6)24-15-25-35(7)28-29-37-36-26-9-8-10-27-36/h8-10,16,18,20,22,24,26-28H,11-15,17,19,21,23,25,29H2,1-7H3/b31-18+,32-20+,33-22+,34-24+,35-28+. The second-order valence-corrected chi connectivity index (χ2v) is 11.9. The lowest BCUT2D eigenvalue weighted by Crippen LogP contribution is -1.84. The quantitative estimate of drug-likeness (QED) is 0.137. The molecule has 0 nitrogen and oxygen atoms in total. The monoisotopic (exact) mass is 518 g/mol. The number of allylic oxidation sites excluding steroid dienone is 11. The number of benzene rings is 1. The fourth-order valence-corrected chi connectivity index (χ4v) is 4.99. The summed E-state index contributed by atoms with van der Waals surface area (Å²) in [5.74, 6) is 1.06. The van der Waals surface area contributed by atoms with Gasteiger partial charge in [-0.05, 0) is 125 Å². The van der Waals surface area contributed by atoms with E-state index in [0.29, 0.717) is 0 Å². The molecular weight excluding hydrogens is 464 g/mol. The van der Waals surface area contributed by atoms with Crippen molar-refractivity contribution in [2.45, 2.75) is 118 Å². The summed E-state index contributed by atoms with van der Waals surface area (Å²) in [4.78, 5) is 1.35. The van der Waals surface area contributed by atoms with E-state index >= 15 is 0 Å². The normalized spacial score (nSPS) is 13.8. The molecule has 1 aromatic rings. The second-order valence-electron chi connectivity index (χ2n) is 10.9. The molecule has 0 unspecified atom stereocenters. The molecule has 1 aromatic carbocycles. The van der Waals surface area contributed by atoms with Gasteiger partial charge in [-0.25, -0.2) is 0 Å². The van der Waals surface area contributed by atoms with Gasteiger partial charge in [-0.3, -0.25) is 0 Å². The molecule has 0 aliphatic heterocycles. The Morgan fingerprint density at radius 2 is 0.838 bits per heavy atom. The Kier molecular flexibility index (Phi) is 18.8. The lowest BCUT2D eigenvalue weighted by atomic mass is 10.0. The van der Waals surface area contributed by atoms with Gasteiger partial charge in [-0.15, -0.1) is 11.8 Å². The highest BCUT2D eigenvalue weighted by Crippen LogP contribution is 2.19. The Morgan fingerprint density at radius 3 is 1.22 bits per heavy atom. The van der Waals surface area contributed by atoms with Gasteiger partial charge in [0.05, 0.1) is 0 Å². The fraction of sp³-hybridized carbons (Fsp3) is 0.500. The van der Waals surface area contributed by atoms with Gasteiger partial charge in [0.25, 0.3) is 0 Å². The molecule has 0 spiro atoms. The Labute approximate surface area is 234 Å². The van der Waals surface area contributed by atoms with Crippen LogP contribution in [0.1, 0.15) is 113 Å². The molecule has 37 heavy (non-hydrogen) atoms. The molecule has 0 radical (unpaired) electrons. The Hall–Kier alpha value is -1.99.